The van der Waals surface area contributed by atoms with Gasteiger partial charge in [0.2, 0.25) is 0 Å². The molecule has 0 aliphatic rings. The van der Waals surface area contributed by atoms with Crippen molar-refractivity contribution in [2.45, 2.75) is 155 Å². The van der Waals surface area contributed by atoms with Gasteiger partial charge in [-0.15, -0.1) is 0 Å². The lowest BCUT2D eigenvalue weighted by Gasteiger charge is -2.19. The fourth-order valence-electron chi connectivity index (χ4n) is 4.38. The van der Waals surface area contributed by atoms with Gasteiger partial charge in [-0.25, -0.2) is 4.57 Å². The summed E-state index contributed by atoms with van der Waals surface area (Å²) in [7, 11) is -4.36. The van der Waals surface area contributed by atoms with Crippen LogP contribution < -0.4 is 5.73 Å². The summed E-state index contributed by atoms with van der Waals surface area (Å²) in [5.74, 6) is -0.841. The van der Waals surface area contributed by atoms with Crippen LogP contribution in [0, 0.1) is 0 Å². The molecule has 0 fully saturated rings. The van der Waals surface area contributed by atoms with Crippen LogP contribution in [-0.4, -0.2) is 49.3 Å². The Labute approximate surface area is 256 Å². The molecule has 2 atom stereocenters. The average molecular weight is 620 g/mol. The fourth-order valence-corrected chi connectivity index (χ4v) is 5.14. The molecule has 9 nitrogen and oxygen atoms in total. The maximum atomic E-state index is 12.4. The van der Waals surface area contributed by atoms with Crippen molar-refractivity contribution in [2.75, 3.05) is 26.4 Å². The summed E-state index contributed by atoms with van der Waals surface area (Å²) >= 11 is 0. The van der Waals surface area contributed by atoms with Gasteiger partial charge in [0, 0.05) is 19.4 Å². The summed E-state index contributed by atoms with van der Waals surface area (Å²) in [5.41, 5.74) is 5.31. The van der Waals surface area contributed by atoms with Gasteiger partial charge in [0.25, 0.3) is 0 Å². The van der Waals surface area contributed by atoms with Gasteiger partial charge in [-0.3, -0.25) is 18.6 Å². The Morgan fingerprint density at radius 2 is 1.19 bits per heavy atom. The van der Waals surface area contributed by atoms with Crippen molar-refractivity contribution in [1.82, 2.24) is 0 Å². The molecular formula is C32H62NO8P. The smallest absolute Gasteiger partial charge is 0.462 e. The molecule has 0 saturated heterocycles. The molecule has 0 radical (unpaired) electrons. The molecule has 0 amide bonds. The molecule has 0 heterocycles. The van der Waals surface area contributed by atoms with Gasteiger partial charge >= 0.3 is 19.8 Å². The fraction of sp³-hybridized carbons (Fsp3) is 0.875. The molecule has 0 bridgehead atoms. The number of phosphoric acid groups is 1. The van der Waals surface area contributed by atoms with Crippen molar-refractivity contribution in [3.05, 3.63) is 12.2 Å². The summed E-state index contributed by atoms with van der Waals surface area (Å²) < 4.78 is 32.4. The average Bonchev–Trinajstić information content (AvgIpc) is 2.97. The predicted molar refractivity (Wildman–Crippen MR) is 169 cm³/mol. The first-order chi connectivity index (χ1) is 20.3. The predicted octanol–water partition coefficient (Wildman–Crippen LogP) is 8.32. The number of unbranched alkanes of at least 4 members (excludes halogenated alkanes) is 16. The molecule has 0 spiro atoms. The Kier molecular flexibility index (Phi) is 28.9. The van der Waals surface area contributed by atoms with Crippen molar-refractivity contribution >= 4 is 19.8 Å². The second kappa shape index (κ2) is 29.8. The lowest BCUT2D eigenvalue weighted by atomic mass is 10.1. The molecule has 0 rings (SSSR count). The summed E-state index contributed by atoms with van der Waals surface area (Å²) in [5, 5.41) is 0. The van der Waals surface area contributed by atoms with Crippen LogP contribution >= 0.6 is 7.82 Å². The van der Waals surface area contributed by atoms with Crippen molar-refractivity contribution in [1.29, 1.82) is 0 Å². The van der Waals surface area contributed by atoms with E-state index in [2.05, 4.69) is 26.0 Å². The van der Waals surface area contributed by atoms with Crippen LogP contribution in [0.5, 0.6) is 0 Å². The number of esters is 2. The van der Waals surface area contributed by atoms with Gasteiger partial charge in [0.15, 0.2) is 6.10 Å². The van der Waals surface area contributed by atoms with E-state index in [-0.39, 0.29) is 38.6 Å². The summed E-state index contributed by atoms with van der Waals surface area (Å²) in [6, 6.07) is 0. The number of hydrogen-bond acceptors (Lipinski definition) is 8. The van der Waals surface area contributed by atoms with E-state index >= 15 is 0 Å². The van der Waals surface area contributed by atoms with Gasteiger partial charge in [-0.1, -0.05) is 116 Å². The molecule has 0 aliphatic heterocycles. The highest BCUT2D eigenvalue weighted by Crippen LogP contribution is 2.43. The normalized spacial score (nSPS) is 13.7. The van der Waals surface area contributed by atoms with E-state index in [1.165, 1.54) is 57.8 Å². The summed E-state index contributed by atoms with van der Waals surface area (Å²) in [6.45, 7) is 3.64. The standard InChI is InChI=1S/C32H62NO8P/c1-3-5-7-9-11-13-15-17-19-21-23-25-32(35)41-30(29-40-42(36,37)39-27-26-33)28-38-31(34)24-22-20-18-16-14-12-10-8-6-4-2/h9,11,30H,3-8,10,12-29,33H2,1-2H3,(H,36,37)/b11-9+/t30-/m1/s1. The first-order valence-electron chi connectivity index (χ1n) is 16.7. The zero-order chi connectivity index (χ0) is 31.2. The van der Waals surface area contributed by atoms with E-state index in [0.717, 1.165) is 57.8 Å². The molecular weight excluding hydrogens is 557 g/mol. The summed E-state index contributed by atoms with van der Waals surface area (Å²) in [4.78, 5) is 34.4. The van der Waals surface area contributed by atoms with Crippen LogP contribution in [0.4, 0.5) is 0 Å². The number of carbonyl (C=O) groups is 2. The Morgan fingerprint density at radius 1 is 0.690 bits per heavy atom. The largest absolute Gasteiger partial charge is 0.472 e. The third kappa shape index (κ3) is 28.9. The zero-order valence-electron chi connectivity index (χ0n) is 26.7. The van der Waals surface area contributed by atoms with E-state index in [4.69, 9.17) is 24.3 Å². The zero-order valence-corrected chi connectivity index (χ0v) is 27.6. The van der Waals surface area contributed by atoms with E-state index in [1.807, 2.05) is 0 Å². The molecule has 0 aromatic rings. The topological polar surface area (TPSA) is 134 Å². The first-order valence-corrected chi connectivity index (χ1v) is 18.2. The minimum atomic E-state index is -4.36. The molecule has 248 valence electrons. The number of hydrogen-bond donors (Lipinski definition) is 2. The van der Waals surface area contributed by atoms with Crippen LogP contribution in [0.1, 0.15) is 149 Å². The van der Waals surface area contributed by atoms with Crippen molar-refractivity contribution in [3.63, 3.8) is 0 Å². The molecule has 0 aromatic heterocycles. The van der Waals surface area contributed by atoms with Gasteiger partial charge in [-0.05, 0) is 32.1 Å². The highest BCUT2D eigenvalue weighted by molar-refractivity contribution is 7.47. The first kappa shape index (κ1) is 40.8. The van der Waals surface area contributed by atoms with E-state index in [1.54, 1.807) is 0 Å². The lowest BCUT2D eigenvalue weighted by Crippen LogP contribution is -2.29. The molecule has 10 heteroatoms. The molecule has 42 heavy (non-hydrogen) atoms. The maximum absolute atomic E-state index is 12.4. The highest BCUT2D eigenvalue weighted by Gasteiger charge is 2.25. The number of allylic oxidation sites excluding steroid dienone is 2. The third-order valence-electron chi connectivity index (χ3n) is 6.90. The molecule has 0 saturated carbocycles. The van der Waals surface area contributed by atoms with Crippen LogP contribution in [0.25, 0.3) is 0 Å². The number of phosphoric ester groups is 1. The number of ether oxygens (including phenoxy) is 2. The minimum absolute atomic E-state index is 0.0541. The van der Waals surface area contributed by atoms with Crippen LogP contribution in [-0.2, 0) is 32.7 Å². The highest BCUT2D eigenvalue weighted by atomic mass is 31.2. The van der Waals surface area contributed by atoms with Gasteiger partial charge in [0.05, 0.1) is 13.2 Å². The second-order valence-electron chi connectivity index (χ2n) is 11.0. The number of nitrogens with two attached hydrogens (primary N) is 1. The SMILES string of the molecule is CCCC/C=C/CCCCCCCC(=O)O[C@H](COC(=O)CCCCCCCCCCCC)COP(=O)(O)OCCN. The van der Waals surface area contributed by atoms with Gasteiger partial charge in [-0.2, -0.15) is 0 Å². The number of rotatable bonds is 31. The van der Waals surface area contributed by atoms with Crippen molar-refractivity contribution < 1.29 is 37.6 Å². The monoisotopic (exact) mass is 619 g/mol. The van der Waals surface area contributed by atoms with Gasteiger partial charge in [0.1, 0.15) is 6.61 Å². The Hall–Kier alpha value is -1.25. The molecule has 0 aliphatic carbocycles. The van der Waals surface area contributed by atoms with E-state index < -0.39 is 26.5 Å². The quantitative estimate of drug-likeness (QED) is 0.0340. The number of carbonyl (C=O) groups excluding carboxylic acids is 2. The minimum Gasteiger partial charge on any atom is -0.462 e. The Bertz CT molecular complexity index is 719. The van der Waals surface area contributed by atoms with Crippen LogP contribution in [0.3, 0.4) is 0 Å². The lowest BCUT2D eigenvalue weighted by molar-refractivity contribution is -0.161. The Morgan fingerprint density at radius 3 is 1.76 bits per heavy atom. The molecule has 3 N–H and O–H groups in total. The van der Waals surface area contributed by atoms with Crippen LogP contribution in [0.2, 0.25) is 0 Å². The van der Waals surface area contributed by atoms with E-state index in [0.29, 0.717) is 6.42 Å². The van der Waals surface area contributed by atoms with Gasteiger partial charge < -0.3 is 20.1 Å². The molecule has 0 aromatic carbocycles. The molecule has 1 unspecified atom stereocenters. The maximum Gasteiger partial charge on any atom is 0.472 e. The third-order valence-corrected chi connectivity index (χ3v) is 7.89. The van der Waals surface area contributed by atoms with Crippen molar-refractivity contribution in [2.24, 2.45) is 5.73 Å². The van der Waals surface area contributed by atoms with Crippen molar-refractivity contribution in [3.8, 4) is 0 Å². The Balaban J connectivity index is 4.31. The van der Waals surface area contributed by atoms with E-state index in [9.17, 15) is 19.0 Å². The van der Waals surface area contributed by atoms with Crippen LogP contribution in [0.15, 0.2) is 12.2 Å². The second-order valence-corrected chi connectivity index (χ2v) is 12.5. The summed E-state index contributed by atoms with van der Waals surface area (Å²) in [6.07, 6.45) is 25.3.